The molecule has 1 aromatic heterocycles. The van der Waals surface area contributed by atoms with Gasteiger partial charge in [0.2, 0.25) is 0 Å². The highest BCUT2D eigenvalue weighted by molar-refractivity contribution is 5.71. The second kappa shape index (κ2) is 4.72. The molecule has 1 N–H and O–H groups in total. The lowest BCUT2D eigenvalue weighted by Gasteiger charge is -2.11. The number of halogens is 1. The van der Waals surface area contributed by atoms with Crippen molar-refractivity contribution < 1.29 is 4.39 Å². The molecular weight excluding hydrogens is 229 g/mol. The Morgan fingerprint density at radius 2 is 1.72 bits per heavy atom. The predicted octanol–water partition coefficient (Wildman–Crippen LogP) is 3.25. The molecule has 0 spiro atoms. The maximum absolute atomic E-state index is 13.6. The van der Waals surface area contributed by atoms with Crippen molar-refractivity contribution in [3.05, 3.63) is 41.0 Å². The molecule has 1 heterocycles. The monoisotopic (exact) mass is 245 g/mol. The van der Waals surface area contributed by atoms with Crippen LogP contribution in [0.5, 0.6) is 0 Å². The van der Waals surface area contributed by atoms with Crippen LogP contribution in [0.4, 0.5) is 10.2 Å². The summed E-state index contributed by atoms with van der Waals surface area (Å²) in [5, 5.41) is 3.00. The SMILES string of the molecule is CNc1nc(C)c(C)nc1-c1ccc(C)c(F)c1. The third-order valence-electron chi connectivity index (χ3n) is 2.99. The van der Waals surface area contributed by atoms with Gasteiger partial charge in [-0.2, -0.15) is 0 Å². The second-order valence-electron chi connectivity index (χ2n) is 4.31. The Kier molecular flexibility index (Phi) is 3.28. The zero-order valence-electron chi connectivity index (χ0n) is 11.0. The van der Waals surface area contributed by atoms with E-state index in [1.807, 2.05) is 19.9 Å². The lowest BCUT2D eigenvalue weighted by Crippen LogP contribution is -2.03. The van der Waals surface area contributed by atoms with E-state index in [4.69, 9.17) is 0 Å². The van der Waals surface area contributed by atoms with Crippen molar-refractivity contribution in [2.45, 2.75) is 20.8 Å². The average molecular weight is 245 g/mol. The molecule has 0 fully saturated rings. The smallest absolute Gasteiger partial charge is 0.152 e. The number of aryl methyl sites for hydroxylation is 3. The molecule has 0 unspecified atom stereocenters. The summed E-state index contributed by atoms with van der Waals surface area (Å²) >= 11 is 0. The summed E-state index contributed by atoms with van der Waals surface area (Å²) in [5.41, 5.74) is 3.76. The molecule has 3 nitrogen and oxygen atoms in total. The summed E-state index contributed by atoms with van der Waals surface area (Å²) in [7, 11) is 1.78. The van der Waals surface area contributed by atoms with E-state index in [2.05, 4.69) is 15.3 Å². The molecule has 2 aromatic rings. The van der Waals surface area contributed by atoms with Crippen molar-refractivity contribution in [3.8, 4) is 11.3 Å². The number of hydrogen-bond donors (Lipinski definition) is 1. The molecule has 4 heteroatoms. The lowest BCUT2D eigenvalue weighted by atomic mass is 10.1. The van der Waals surface area contributed by atoms with E-state index in [0.29, 0.717) is 17.1 Å². The molecule has 0 saturated heterocycles. The van der Waals surface area contributed by atoms with E-state index in [9.17, 15) is 4.39 Å². The quantitative estimate of drug-likeness (QED) is 0.882. The molecular formula is C14H16FN3. The summed E-state index contributed by atoms with van der Waals surface area (Å²) in [6, 6.07) is 5.11. The minimum absolute atomic E-state index is 0.227. The summed E-state index contributed by atoms with van der Waals surface area (Å²) in [4.78, 5) is 8.92. The Hall–Kier alpha value is -1.97. The van der Waals surface area contributed by atoms with Gasteiger partial charge in [-0.1, -0.05) is 12.1 Å². The zero-order chi connectivity index (χ0) is 13.3. The summed E-state index contributed by atoms with van der Waals surface area (Å²) < 4.78 is 13.6. The van der Waals surface area contributed by atoms with Crippen molar-refractivity contribution in [2.24, 2.45) is 0 Å². The molecule has 0 saturated carbocycles. The number of nitrogens with one attached hydrogen (secondary N) is 1. The molecule has 0 aliphatic carbocycles. The fraction of sp³-hybridized carbons (Fsp3) is 0.286. The van der Waals surface area contributed by atoms with Crippen LogP contribution in [0.1, 0.15) is 17.0 Å². The van der Waals surface area contributed by atoms with E-state index in [-0.39, 0.29) is 5.82 Å². The van der Waals surface area contributed by atoms with Gasteiger partial charge in [0.05, 0.1) is 11.4 Å². The van der Waals surface area contributed by atoms with Gasteiger partial charge in [0.15, 0.2) is 5.82 Å². The van der Waals surface area contributed by atoms with Gasteiger partial charge in [-0.3, -0.25) is 0 Å². The Bertz CT molecular complexity index is 594. The van der Waals surface area contributed by atoms with Gasteiger partial charge in [-0.05, 0) is 32.4 Å². The summed E-state index contributed by atoms with van der Waals surface area (Å²) in [5.74, 6) is 0.441. The highest BCUT2D eigenvalue weighted by atomic mass is 19.1. The van der Waals surface area contributed by atoms with Crippen molar-refractivity contribution in [1.82, 2.24) is 9.97 Å². The maximum atomic E-state index is 13.6. The molecule has 0 amide bonds. The van der Waals surface area contributed by atoms with Crippen LogP contribution in [0.3, 0.4) is 0 Å². The molecule has 0 aliphatic heterocycles. The standard InChI is InChI=1S/C14H16FN3/c1-8-5-6-11(7-12(8)15)13-14(16-4)18-10(3)9(2)17-13/h5-7H,1-4H3,(H,16,18). The van der Waals surface area contributed by atoms with Crippen LogP contribution in [-0.4, -0.2) is 17.0 Å². The zero-order valence-corrected chi connectivity index (χ0v) is 11.0. The van der Waals surface area contributed by atoms with Crippen LogP contribution < -0.4 is 5.32 Å². The average Bonchev–Trinajstić information content (AvgIpc) is 2.35. The van der Waals surface area contributed by atoms with Crippen LogP contribution in [0, 0.1) is 26.6 Å². The van der Waals surface area contributed by atoms with Crippen LogP contribution >= 0.6 is 0 Å². The number of benzene rings is 1. The van der Waals surface area contributed by atoms with Gasteiger partial charge < -0.3 is 5.32 Å². The maximum Gasteiger partial charge on any atom is 0.152 e. The Labute approximate surface area is 106 Å². The molecule has 18 heavy (non-hydrogen) atoms. The Balaban J connectivity index is 2.62. The molecule has 0 bridgehead atoms. The van der Waals surface area contributed by atoms with Gasteiger partial charge in [0.1, 0.15) is 11.5 Å². The molecule has 0 aliphatic rings. The molecule has 2 rings (SSSR count). The van der Waals surface area contributed by atoms with Crippen LogP contribution in [-0.2, 0) is 0 Å². The molecule has 0 radical (unpaired) electrons. The van der Waals surface area contributed by atoms with Crippen molar-refractivity contribution in [3.63, 3.8) is 0 Å². The van der Waals surface area contributed by atoms with Crippen molar-refractivity contribution in [2.75, 3.05) is 12.4 Å². The van der Waals surface area contributed by atoms with Crippen molar-refractivity contribution in [1.29, 1.82) is 0 Å². The van der Waals surface area contributed by atoms with Crippen LogP contribution in [0.15, 0.2) is 18.2 Å². The lowest BCUT2D eigenvalue weighted by molar-refractivity contribution is 0.619. The third kappa shape index (κ3) is 2.18. The van der Waals surface area contributed by atoms with Gasteiger partial charge in [-0.25, -0.2) is 14.4 Å². The number of nitrogens with zero attached hydrogens (tertiary/aromatic N) is 2. The highest BCUT2D eigenvalue weighted by Crippen LogP contribution is 2.26. The second-order valence-corrected chi connectivity index (χ2v) is 4.31. The summed E-state index contributed by atoms with van der Waals surface area (Å²) in [6.45, 7) is 5.54. The van der Waals surface area contributed by atoms with E-state index >= 15 is 0 Å². The molecule has 1 aromatic carbocycles. The predicted molar refractivity (Wildman–Crippen MR) is 71.2 cm³/mol. The minimum atomic E-state index is -0.227. The van der Waals surface area contributed by atoms with Crippen LogP contribution in [0.25, 0.3) is 11.3 Å². The first-order chi connectivity index (χ1) is 8.52. The largest absolute Gasteiger partial charge is 0.371 e. The van der Waals surface area contributed by atoms with E-state index < -0.39 is 0 Å². The van der Waals surface area contributed by atoms with Gasteiger partial charge in [-0.15, -0.1) is 0 Å². The third-order valence-corrected chi connectivity index (χ3v) is 2.99. The van der Waals surface area contributed by atoms with E-state index in [1.165, 1.54) is 6.07 Å². The fourth-order valence-electron chi connectivity index (χ4n) is 1.72. The van der Waals surface area contributed by atoms with Gasteiger partial charge in [0, 0.05) is 12.6 Å². The molecule has 0 atom stereocenters. The fourth-order valence-corrected chi connectivity index (χ4v) is 1.72. The molecule has 94 valence electrons. The van der Waals surface area contributed by atoms with E-state index in [0.717, 1.165) is 17.0 Å². The van der Waals surface area contributed by atoms with Gasteiger partial charge in [0.25, 0.3) is 0 Å². The van der Waals surface area contributed by atoms with Crippen molar-refractivity contribution >= 4 is 5.82 Å². The van der Waals surface area contributed by atoms with Crippen LogP contribution in [0.2, 0.25) is 0 Å². The highest BCUT2D eigenvalue weighted by Gasteiger charge is 2.11. The Morgan fingerprint density at radius 3 is 2.33 bits per heavy atom. The summed E-state index contributed by atoms with van der Waals surface area (Å²) in [6.07, 6.45) is 0. The number of hydrogen-bond acceptors (Lipinski definition) is 3. The van der Waals surface area contributed by atoms with Gasteiger partial charge >= 0.3 is 0 Å². The topological polar surface area (TPSA) is 37.8 Å². The first-order valence-electron chi connectivity index (χ1n) is 5.82. The first kappa shape index (κ1) is 12.5. The normalized spacial score (nSPS) is 10.5. The number of rotatable bonds is 2. The van der Waals surface area contributed by atoms with E-state index in [1.54, 1.807) is 20.0 Å². The number of aromatic nitrogens is 2. The Morgan fingerprint density at radius 1 is 1.06 bits per heavy atom. The first-order valence-corrected chi connectivity index (χ1v) is 5.82. The minimum Gasteiger partial charge on any atom is -0.371 e. The number of anilines is 1.